The summed E-state index contributed by atoms with van der Waals surface area (Å²) in [6.07, 6.45) is 0. The Morgan fingerprint density at radius 1 is 0.288 bits per heavy atom. The van der Waals surface area contributed by atoms with Gasteiger partial charge in [0.25, 0.3) is 0 Å². The Morgan fingerprint density at radius 2 is 0.753 bits per heavy atom. The normalized spacial score (nSPS) is 12.5. The van der Waals surface area contributed by atoms with Crippen molar-refractivity contribution < 1.29 is 4.42 Å². The fourth-order valence-corrected chi connectivity index (χ4v) is 11.8. The maximum Gasteiger partial charge on any atom is 0.136 e. The van der Waals surface area contributed by atoms with E-state index in [-0.39, 0.29) is 0 Å². The molecule has 73 heavy (non-hydrogen) atoms. The van der Waals surface area contributed by atoms with E-state index in [0.717, 1.165) is 61.3 Å². The molecule has 0 amide bonds. The molecule has 13 aromatic rings. The molecule has 0 spiro atoms. The summed E-state index contributed by atoms with van der Waals surface area (Å²) in [7, 11) is 0. The van der Waals surface area contributed by atoms with Crippen LogP contribution in [-0.4, -0.2) is 0 Å². The molecule has 1 aromatic heterocycles. The van der Waals surface area contributed by atoms with Crippen LogP contribution < -0.4 is 4.90 Å². The molecule has 12 aromatic carbocycles. The predicted octanol–water partition coefficient (Wildman–Crippen LogP) is 19.2. The van der Waals surface area contributed by atoms with Gasteiger partial charge in [-0.2, -0.15) is 0 Å². The lowest BCUT2D eigenvalue weighted by atomic mass is 9.67. The number of hydrogen-bond donors (Lipinski definition) is 0. The summed E-state index contributed by atoms with van der Waals surface area (Å²) in [5.41, 5.74) is 21.5. The van der Waals surface area contributed by atoms with Gasteiger partial charge in [0.05, 0.1) is 11.1 Å². The Bertz CT molecular complexity index is 4130. The molecule has 0 N–H and O–H groups in total. The first kappa shape index (κ1) is 42.4. The molecule has 2 nitrogen and oxygen atoms in total. The Hall–Kier alpha value is -9.50. The summed E-state index contributed by atoms with van der Waals surface area (Å²) >= 11 is 0. The fourth-order valence-electron chi connectivity index (χ4n) is 11.8. The Morgan fingerprint density at radius 3 is 1.41 bits per heavy atom. The zero-order chi connectivity index (χ0) is 48.3. The molecule has 2 heteroatoms. The van der Waals surface area contributed by atoms with Gasteiger partial charge in [0.15, 0.2) is 0 Å². The average Bonchev–Trinajstić information content (AvgIpc) is 4.00. The van der Waals surface area contributed by atoms with Crippen LogP contribution in [0.25, 0.3) is 88.3 Å². The van der Waals surface area contributed by atoms with Gasteiger partial charge in [-0.1, -0.05) is 224 Å². The van der Waals surface area contributed by atoms with Gasteiger partial charge in [0, 0.05) is 27.7 Å². The molecule has 0 unspecified atom stereocenters. The van der Waals surface area contributed by atoms with E-state index in [4.69, 9.17) is 4.42 Å². The van der Waals surface area contributed by atoms with E-state index in [0.29, 0.717) is 0 Å². The Balaban J connectivity index is 0.913. The van der Waals surface area contributed by atoms with Crippen LogP contribution >= 0.6 is 0 Å². The van der Waals surface area contributed by atoms with Crippen LogP contribution in [0.3, 0.4) is 0 Å². The van der Waals surface area contributed by atoms with E-state index >= 15 is 0 Å². The number of benzene rings is 12. The SMILES string of the molecule is c1ccc(-c2ccc3cc(-c4ccc(N(c5ccc(-c6ccc7c(c6)oc6ccccc67)cc5)c5ccccc5-c5cccc6c5-c5ccccc5C6(c5ccccc5)c5ccccc5)cc4)ccc3c2)cc1. The molecule has 0 saturated heterocycles. The summed E-state index contributed by atoms with van der Waals surface area (Å²) in [5, 5.41) is 4.71. The number of para-hydroxylation sites is 2. The predicted molar refractivity (Wildman–Crippen MR) is 305 cm³/mol. The quantitative estimate of drug-likeness (QED) is 0.143. The molecular weight excluding hydrogens is 883 g/mol. The van der Waals surface area contributed by atoms with Gasteiger partial charge in [0.1, 0.15) is 11.2 Å². The smallest absolute Gasteiger partial charge is 0.136 e. The third-order valence-corrected chi connectivity index (χ3v) is 15.2. The molecule has 0 bridgehead atoms. The van der Waals surface area contributed by atoms with Crippen molar-refractivity contribution >= 4 is 49.8 Å². The molecule has 1 heterocycles. The highest BCUT2D eigenvalue weighted by atomic mass is 16.3. The first-order chi connectivity index (χ1) is 36.2. The maximum atomic E-state index is 6.34. The minimum absolute atomic E-state index is 0.511. The molecule has 0 fully saturated rings. The summed E-state index contributed by atoms with van der Waals surface area (Å²) < 4.78 is 6.34. The molecule has 14 rings (SSSR count). The van der Waals surface area contributed by atoms with Crippen LogP contribution in [0.15, 0.2) is 290 Å². The van der Waals surface area contributed by atoms with Crippen LogP contribution in [0.1, 0.15) is 22.3 Å². The Kier molecular flexibility index (Phi) is 10.1. The maximum absolute atomic E-state index is 6.34. The van der Waals surface area contributed by atoms with Gasteiger partial charge >= 0.3 is 0 Å². The van der Waals surface area contributed by atoms with Crippen LogP contribution in [0.5, 0.6) is 0 Å². The molecule has 0 atom stereocenters. The first-order valence-corrected chi connectivity index (χ1v) is 25.1. The topological polar surface area (TPSA) is 16.4 Å². The summed E-state index contributed by atoms with van der Waals surface area (Å²) in [5.74, 6) is 0. The zero-order valence-electron chi connectivity index (χ0n) is 40.0. The van der Waals surface area contributed by atoms with Gasteiger partial charge in [-0.3, -0.25) is 0 Å². The minimum Gasteiger partial charge on any atom is -0.456 e. The lowest BCUT2D eigenvalue weighted by Crippen LogP contribution is -2.28. The first-order valence-electron chi connectivity index (χ1n) is 25.1. The summed E-state index contributed by atoms with van der Waals surface area (Å²) in [4.78, 5) is 2.43. The number of rotatable bonds is 9. The standard InChI is InChI=1S/C71H47NO/c1-4-17-48(18-5-1)51-31-33-54-46-52(32-34-53(54)45-51)49-35-40-58(41-36-49)72(59-42-37-50(38-43-59)55-39-44-62-61-24-12-15-30-68(61)73-69(62)47-55)67-29-14-11-23-60(67)63-26-16-28-66-70(63)64-25-10-13-27-65(64)71(66,56-19-6-2-7-20-56)57-21-8-3-9-22-57/h1-47H. The number of fused-ring (bicyclic) bond motifs is 7. The largest absolute Gasteiger partial charge is 0.456 e. The number of nitrogens with zero attached hydrogens (tertiary/aromatic N) is 1. The average molecular weight is 930 g/mol. The van der Waals surface area contributed by atoms with Crippen LogP contribution in [0, 0.1) is 0 Å². The summed E-state index contributed by atoms with van der Waals surface area (Å²) in [6.45, 7) is 0. The van der Waals surface area contributed by atoms with E-state index in [1.807, 2.05) is 12.1 Å². The highest BCUT2D eigenvalue weighted by Crippen LogP contribution is 2.59. The second kappa shape index (κ2) is 17.4. The van der Waals surface area contributed by atoms with Gasteiger partial charge in [-0.05, 0) is 144 Å². The van der Waals surface area contributed by atoms with Crippen molar-refractivity contribution in [2.45, 2.75) is 5.41 Å². The van der Waals surface area contributed by atoms with Gasteiger partial charge < -0.3 is 9.32 Å². The van der Waals surface area contributed by atoms with E-state index in [1.54, 1.807) is 0 Å². The van der Waals surface area contributed by atoms with Gasteiger partial charge in [-0.15, -0.1) is 0 Å². The van der Waals surface area contributed by atoms with Crippen LogP contribution in [0.2, 0.25) is 0 Å². The molecule has 1 aliphatic rings. The van der Waals surface area contributed by atoms with Crippen molar-refractivity contribution in [3.8, 4) is 55.6 Å². The third kappa shape index (κ3) is 7.02. The van der Waals surface area contributed by atoms with E-state index in [9.17, 15) is 0 Å². The summed E-state index contributed by atoms with van der Waals surface area (Å²) in [6, 6.07) is 104. The second-order valence-corrected chi connectivity index (χ2v) is 19.2. The van der Waals surface area contributed by atoms with Crippen molar-refractivity contribution in [3.63, 3.8) is 0 Å². The van der Waals surface area contributed by atoms with Gasteiger partial charge in [0.2, 0.25) is 0 Å². The van der Waals surface area contributed by atoms with Gasteiger partial charge in [-0.25, -0.2) is 0 Å². The van der Waals surface area contributed by atoms with Crippen molar-refractivity contribution in [2.24, 2.45) is 0 Å². The molecule has 0 radical (unpaired) electrons. The monoisotopic (exact) mass is 929 g/mol. The molecule has 1 aliphatic carbocycles. The van der Waals surface area contributed by atoms with E-state index < -0.39 is 5.41 Å². The molecule has 342 valence electrons. The van der Waals surface area contributed by atoms with Crippen molar-refractivity contribution in [1.29, 1.82) is 0 Å². The molecule has 0 aliphatic heterocycles. The molecular formula is C71H47NO. The van der Waals surface area contributed by atoms with Crippen molar-refractivity contribution in [3.05, 3.63) is 307 Å². The fraction of sp³-hybridized carbons (Fsp3) is 0.0141. The number of hydrogen-bond acceptors (Lipinski definition) is 2. The Labute approximate surface area is 425 Å². The van der Waals surface area contributed by atoms with Crippen molar-refractivity contribution in [1.82, 2.24) is 0 Å². The van der Waals surface area contributed by atoms with E-state index in [1.165, 1.54) is 66.4 Å². The number of anilines is 3. The minimum atomic E-state index is -0.511. The van der Waals surface area contributed by atoms with Crippen LogP contribution in [-0.2, 0) is 5.41 Å². The zero-order valence-corrected chi connectivity index (χ0v) is 40.0. The number of furan rings is 1. The molecule has 0 saturated carbocycles. The van der Waals surface area contributed by atoms with Crippen molar-refractivity contribution in [2.75, 3.05) is 4.90 Å². The third-order valence-electron chi connectivity index (χ3n) is 15.2. The lowest BCUT2D eigenvalue weighted by molar-refractivity contribution is 0.669. The van der Waals surface area contributed by atoms with E-state index in [2.05, 4.69) is 278 Å². The van der Waals surface area contributed by atoms with Crippen LogP contribution in [0.4, 0.5) is 17.1 Å². The highest BCUT2D eigenvalue weighted by Gasteiger charge is 2.47. The lowest BCUT2D eigenvalue weighted by Gasteiger charge is -2.34. The highest BCUT2D eigenvalue weighted by molar-refractivity contribution is 6.06. The second-order valence-electron chi connectivity index (χ2n) is 19.2.